The van der Waals surface area contributed by atoms with Gasteiger partial charge in [0.15, 0.2) is 0 Å². The third kappa shape index (κ3) is 2.53. The number of aromatic nitrogens is 1. The Morgan fingerprint density at radius 3 is 3.08 bits per heavy atom. The molecule has 0 atom stereocenters. The van der Waals surface area contributed by atoms with Gasteiger partial charge in [-0.05, 0) is 22.0 Å². The lowest BCUT2D eigenvalue weighted by atomic mass is 10.2. The summed E-state index contributed by atoms with van der Waals surface area (Å²) in [5.41, 5.74) is 6.54. The highest BCUT2D eigenvalue weighted by molar-refractivity contribution is 9.10. The number of thiol groups is 1. The minimum Gasteiger partial charge on any atom is -0.383 e. The Hall–Kier alpha value is -0.480. The molecule has 2 nitrogen and oxygen atoms in total. The van der Waals surface area contributed by atoms with Gasteiger partial charge >= 0.3 is 0 Å². The summed E-state index contributed by atoms with van der Waals surface area (Å²) in [7, 11) is 0. The molecule has 0 saturated heterocycles. The topological polar surface area (TPSA) is 38.9 Å². The van der Waals surface area contributed by atoms with E-state index in [1.807, 2.05) is 18.2 Å². The Kier molecular flexibility index (Phi) is 3.62. The number of rotatable bonds is 2. The highest BCUT2D eigenvalue weighted by Crippen LogP contribution is 2.16. The molecular formula is C8H9BrN2S. The third-order valence-corrected chi connectivity index (χ3v) is 1.96. The molecule has 0 aliphatic rings. The molecule has 0 saturated carbocycles. The molecule has 0 aliphatic carbocycles. The minimum atomic E-state index is 0.538. The second kappa shape index (κ2) is 4.52. The maximum atomic E-state index is 5.62. The quantitative estimate of drug-likeness (QED) is 0.785. The highest BCUT2D eigenvalue weighted by Gasteiger charge is 1.96. The summed E-state index contributed by atoms with van der Waals surface area (Å²) in [6.07, 6.45) is 5.50. The Morgan fingerprint density at radius 1 is 1.67 bits per heavy atom. The molecule has 0 fully saturated rings. The smallest absolute Gasteiger partial charge is 0.130 e. The second-order valence-electron chi connectivity index (χ2n) is 2.21. The van der Waals surface area contributed by atoms with Crippen LogP contribution in [0.2, 0.25) is 0 Å². The number of hydrogen-bond donors (Lipinski definition) is 2. The van der Waals surface area contributed by atoms with Crippen LogP contribution in [0.4, 0.5) is 5.82 Å². The predicted octanol–water partition coefficient (Wildman–Crippen LogP) is 2.37. The van der Waals surface area contributed by atoms with Crippen LogP contribution < -0.4 is 5.73 Å². The van der Waals surface area contributed by atoms with E-state index in [1.54, 1.807) is 6.20 Å². The molecule has 0 unspecified atom stereocenters. The summed E-state index contributed by atoms with van der Waals surface area (Å²) in [6.45, 7) is 0. The van der Waals surface area contributed by atoms with Crippen molar-refractivity contribution in [1.29, 1.82) is 0 Å². The molecule has 64 valence electrons. The fourth-order valence-corrected chi connectivity index (χ4v) is 1.23. The summed E-state index contributed by atoms with van der Waals surface area (Å²) < 4.78 is 0.926. The Labute approximate surface area is 85.4 Å². The van der Waals surface area contributed by atoms with Gasteiger partial charge in [-0.1, -0.05) is 12.2 Å². The van der Waals surface area contributed by atoms with Crippen molar-refractivity contribution < 1.29 is 0 Å². The van der Waals surface area contributed by atoms with E-state index in [1.165, 1.54) is 0 Å². The van der Waals surface area contributed by atoms with E-state index in [9.17, 15) is 0 Å². The zero-order chi connectivity index (χ0) is 8.97. The molecule has 1 heterocycles. The SMILES string of the molecule is Nc1ncc(Br)cc1C=CCS. The number of nitrogens with zero attached hydrogens (tertiary/aromatic N) is 1. The molecule has 0 bridgehead atoms. The molecule has 12 heavy (non-hydrogen) atoms. The molecule has 0 aliphatic heterocycles. The molecule has 1 aromatic heterocycles. The number of hydrogen-bond acceptors (Lipinski definition) is 3. The average Bonchev–Trinajstić information content (AvgIpc) is 2.07. The summed E-state index contributed by atoms with van der Waals surface area (Å²) in [5, 5.41) is 0. The van der Waals surface area contributed by atoms with Gasteiger partial charge in [0.1, 0.15) is 5.82 Å². The van der Waals surface area contributed by atoms with Crippen LogP contribution in [0.15, 0.2) is 22.8 Å². The molecule has 1 rings (SSSR count). The van der Waals surface area contributed by atoms with E-state index < -0.39 is 0 Å². The largest absolute Gasteiger partial charge is 0.383 e. The van der Waals surface area contributed by atoms with Gasteiger partial charge in [-0.3, -0.25) is 0 Å². The van der Waals surface area contributed by atoms with E-state index >= 15 is 0 Å². The lowest BCUT2D eigenvalue weighted by molar-refractivity contribution is 1.31. The van der Waals surface area contributed by atoms with E-state index in [2.05, 4.69) is 33.5 Å². The standard InChI is InChI=1S/C8H9BrN2S/c9-7-4-6(2-1-3-12)8(10)11-5-7/h1-2,4-5,12H,3H2,(H2,10,11). The summed E-state index contributed by atoms with van der Waals surface area (Å²) in [4.78, 5) is 3.99. The van der Waals surface area contributed by atoms with E-state index in [4.69, 9.17) is 5.73 Å². The van der Waals surface area contributed by atoms with Crippen molar-refractivity contribution in [2.75, 3.05) is 11.5 Å². The van der Waals surface area contributed by atoms with Crippen molar-refractivity contribution in [2.24, 2.45) is 0 Å². The van der Waals surface area contributed by atoms with Gasteiger partial charge < -0.3 is 5.73 Å². The van der Waals surface area contributed by atoms with E-state index in [0.29, 0.717) is 11.6 Å². The van der Waals surface area contributed by atoms with Crippen molar-refractivity contribution in [1.82, 2.24) is 4.98 Å². The van der Waals surface area contributed by atoms with Gasteiger partial charge in [-0.2, -0.15) is 12.6 Å². The van der Waals surface area contributed by atoms with Crippen LogP contribution in [0.5, 0.6) is 0 Å². The first-order valence-corrected chi connectivity index (χ1v) is 4.85. The molecule has 0 radical (unpaired) electrons. The van der Waals surface area contributed by atoms with Crippen molar-refractivity contribution in [3.05, 3.63) is 28.4 Å². The first-order chi connectivity index (χ1) is 5.74. The van der Waals surface area contributed by atoms with Crippen LogP contribution >= 0.6 is 28.6 Å². The molecular weight excluding hydrogens is 236 g/mol. The van der Waals surface area contributed by atoms with Crippen LogP contribution in [0, 0.1) is 0 Å². The lowest BCUT2D eigenvalue weighted by Crippen LogP contribution is -1.92. The van der Waals surface area contributed by atoms with Crippen LogP contribution in [-0.2, 0) is 0 Å². The van der Waals surface area contributed by atoms with Crippen LogP contribution in [0.1, 0.15) is 5.56 Å². The summed E-state index contributed by atoms with van der Waals surface area (Å²) in [5.74, 6) is 1.24. The zero-order valence-corrected chi connectivity index (χ0v) is 8.85. The summed E-state index contributed by atoms with van der Waals surface area (Å²) in [6, 6.07) is 1.92. The van der Waals surface area contributed by atoms with E-state index in [-0.39, 0.29) is 0 Å². The van der Waals surface area contributed by atoms with Gasteiger partial charge in [0.05, 0.1) is 0 Å². The molecule has 2 N–H and O–H groups in total. The first kappa shape index (κ1) is 9.61. The third-order valence-electron chi connectivity index (χ3n) is 1.32. The number of anilines is 1. The second-order valence-corrected chi connectivity index (χ2v) is 3.49. The minimum absolute atomic E-state index is 0.538. The number of nitrogens with two attached hydrogens (primary N) is 1. The van der Waals surface area contributed by atoms with Gasteiger partial charge in [-0.15, -0.1) is 0 Å². The van der Waals surface area contributed by atoms with Crippen molar-refractivity contribution in [3.8, 4) is 0 Å². The average molecular weight is 245 g/mol. The Bertz CT molecular complexity index is 299. The predicted molar refractivity (Wildman–Crippen MR) is 59.2 cm³/mol. The number of pyridine rings is 1. The van der Waals surface area contributed by atoms with Crippen molar-refractivity contribution in [2.45, 2.75) is 0 Å². The van der Waals surface area contributed by atoms with E-state index in [0.717, 1.165) is 10.0 Å². The molecule has 0 amide bonds. The van der Waals surface area contributed by atoms with Gasteiger partial charge in [0.25, 0.3) is 0 Å². The van der Waals surface area contributed by atoms with Crippen LogP contribution in [-0.4, -0.2) is 10.7 Å². The van der Waals surface area contributed by atoms with Crippen LogP contribution in [0.3, 0.4) is 0 Å². The maximum Gasteiger partial charge on any atom is 0.130 e. The van der Waals surface area contributed by atoms with Crippen molar-refractivity contribution in [3.63, 3.8) is 0 Å². The normalized spacial score (nSPS) is 10.8. The number of halogens is 1. The Morgan fingerprint density at radius 2 is 2.42 bits per heavy atom. The molecule has 4 heteroatoms. The summed E-state index contributed by atoms with van der Waals surface area (Å²) >= 11 is 7.37. The lowest BCUT2D eigenvalue weighted by Gasteiger charge is -1.98. The highest BCUT2D eigenvalue weighted by atomic mass is 79.9. The Balaban J connectivity index is 2.97. The zero-order valence-electron chi connectivity index (χ0n) is 6.37. The van der Waals surface area contributed by atoms with Gasteiger partial charge in [-0.25, -0.2) is 4.98 Å². The number of nitrogen functional groups attached to an aromatic ring is 1. The molecule has 1 aromatic rings. The maximum absolute atomic E-state index is 5.62. The van der Waals surface area contributed by atoms with Gasteiger partial charge in [0.2, 0.25) is 0 Å². The first-order valence-electron chi connectivity index (χ1n) is 3.42. The molecule has 0 aromatic carbocycles. The fraction of sp³-hybridized carbons (Fsp3) is 0.125. The monoisotopic (exact) mass is 244 g/mol. The fourth-order valence-electron chi connectivity index (χ4n) is 0.779. The van der Waals surface area contributed by atoms with Gasteiger partial charge in [0, 0.05) is 22.0 Å². The molecule has 0 spiro atoms. The van der Waals surface area contributed by atoms with Crippen LogP contribution in [0.25, 0.3) is 6.08 Å². The van der Waals surface area contributed by atoms with Crippen molar-refractivity contribution >= 4 is 40.5 Å².